The number of nitrogen functional groups attached to an aromatic ring is 1. The monoisotopic (exact) mass is 440 g/mol. The predicted octanol–water partition coefficient (Wildman–Crippen LogP) is 3.30. The highest BCUT2D eigenvalue weighted by atomic mass is 19.1. The Kier molecular flexibility index (Phi) is 5.22. The molecule has 0 aromatic heterocycles. The number of hydrogen-bond acceptors (Lipinski definition) is 4. The Morgan fingerprint density at radius 2 is 1.82 bits per heavy atom. The molecule has 0 saturated carbocycles. The van der Waals surface area contributed by atoms with Crippen molar-refractivity contribution < 1.29 is 14.0 Å². The van der Waals surface area contributed by atoms with Gasteiger partial charge in [-0.2, -0.15) is 0 Å². The first kappa shape index (κ1) is 20.6. The van der Waals surface area contributed by atoms with E-state index in [0.717, 1.165) is 16.8 Å². The second kappa shape index (κ2) is 8.35. The Bertz CT molecular complexity index is 1310. The minimum atomic E-state index is -1.18. The summed E-state index contributed by atoms with van der Waals surface area (Å²) in [6, 6.07) is 19.0. The van der Waals surface area contributed by atoms with Gasteiger partial charge in [-0.25, -0.2) is 9.38 Å². The van der Waals surface area contributed by atoms with Crippen molar-refractivity contribution >= 4 is 35.0 Å². The highest BCUT2D eigenvalue weighted by molar-refractivity contribution is 6.21. The molecule has 0 saturated heterocycles. The van der Waals surface area contributed by atoms with Gasteiger partial charge in [0.15, 0.2) is 0 Å². The molecule has 0 aliphatic carbocycles. The van der Waals surface area contributed by atoms with Crippen LogP contribution in [0.5, 0.6) is 0 Å². The van der Waals surface area contributed by atoms with E-state index in [2.05, 4.69) is 10.3 Å². The zero-order valence-electron chi connectivity index (χ0n) is 17.7. The molecule has 7 heteroatoms. The molecule has 2 heterocycles. The van der Waals surface area contributed by atoms with E-state index < -0.39 is 17.9 Å². The molecule has 6 nitrogen and oxygen atoms in total. The van der Waals surface area contributed by atoms with E-state index >= 15 is 0 Å². The third-order valence-electron chi connectivity index (χ3n) is 5.78. The number of amides is 2. The largest absolute Gasteiger partial charge is 0.399 e. The van der Waals surface area contributed by atoms with E-state index in [1.165, 1.54) is 12.1 Å². The van der Waals surface area contributed by atoms with Gasteiger partial charge in [-0.05, 0) is 47.9 Å². The van der Waals surface area contributed by atoms with Crippen LogP contribution in [-0.4, -0.2) is 30.2 Å². The lowest BCUT2D eigenvalue weighted by atomic mass is 9.98. The van der Waals surface area contributed by atoms with Gasteiger partial charge in [-0.1, -0.05) is 42.5 Å². The molecule has 1 atom stereocenters. The summed E-state index contributed by atoms with van der Waals surface area (Å²) in [4.78, 5) is 32.2. The van der Waals surface area contributed by atoms with Crippen LogP contribution in [0.2, 0.25) is 0 Å². The van der Waals surface area contributed by atoms with Crippen LogP contribution < -0.4 is 16.0 Å². The van der Waals surface area contributed by atoms with Gasteiger partial charge in [0.2, 0.25) is 12.1 Å². The second-order valence-corrected chi connectivity index (χ2v) is 7.92. The van der Waals surface area contributed by atoms with Crippen molar-refractivity contribution in [3.05, 3.63) is 101 Å². The first-order valence-electron chi connectivity index (χ1n) is 10.6. The van der Waals surface area contributed by atoms with Crippen LogP contribution in [-0.2, 0) is 16.0 Å². The zero-order chi connectivity index (χ0) is 22.9. The number of aliphatic imine (C=N–C) groups is 1. The number of nitrogens with zero attached hydrogens (tertiary/aromatic N) is 2. The number of carbonyl (C=O) groups excluding carboxylic acids is 2. The molecule has 3 aromatic rings. The number of para-hydroxylation sites is 1. The van der Waals surface area contributed by atoms with Gasteiger partial charge in [-0.3, -0.25) is 9.59 Å². The summed E-state index contributed by atoms with van der Waals surface area (Å²) in [5, 5.41) is 2.68. The molecule has 164 valence electrons. The zero-order valence-corrected chi connectivity index (χ0v) is 17.7. The third kappa shape index (κ3) is 3.89. The maximum absolute atomic E-state index is 14.8. The summed E-state index contributed by atoms with van der Waals surface area (Å²) >= 11 is 0. The van der Waals surface area contributed by atoms with Gasteiger partial charge in [0, 0.05) is 29.4 Å². The van der Waals surface area contributed by atoms with Gasteiger partial charge < -0.3 is 16.0 Å². The lowest BCUT2D eigenvalue weighted by Crippen LogP contribution is -2.46. The predicted molar refractivity (Wildman–Crippen MR) is 126 cm³/mol. The van der Waals surface area contributed by atoms with Crippen molar-refractivity contribution in [2.75, 3.05) is 17.2 Å². The molecule has 0 fully saturated rings. The molecule has 0 bridgehead atoms. The first-order chi connectivity index (χ1) is 16.0. The van der Waals surface area contributed by atoms with Crippen LogP contribution in [0.1, 0.15) is 22.3 Å². The molecule has 2 aliphatic heterocycles. The maximum atomic E-state index is 14.8. The van der Waals surface area contributed by atoms with Gasteiger partial charge in [-0.15, -0.1) is 0 Å². The highest BCUT2D eigenvalue weighted by Crippen LogP contribution is 2.36. The normalized spacial score (nSPS) is 17.0. The molecule has 3 aromatic carbocycles. The lowest BCUT2D eigenvalue weighted by Gasteiger charge is -2.20. The van der Waals surface area contributed by atoms with Crippen LogP contribution in [0.15, 0.2) is 77.8 Å². The van der Waals surface area contributed by atoms with Crippen LogP contribution >= 0.6 is 0 Å². The molecular formula is C26H21FN4O2. The number of rotatable bonds is 4. The number of carbonyl (C=O) groups is 2. The number of halogens is 1. The highest BCUT2D eigenvalue weighted by Gasteiger charge is 2.37. The van der Waals surface area contributed by atoms with Crippen molar-refractivity contribution in [2.24, 2.45) is 4.99 Å². The fourth-order valence-corrected chi connectivity index (χ4v) is 4.19. The average molecular weight is 440 g/mol. The van der Waals surface area contributed by atoms with Gasteiger partial charge in [0.1, 0.15) is 5.82 Å². The third-order valence-corrected chi connectivity index (χ3v) is 5.78. The smallest absolute Gasteiger partial charge is 0.272 e. The summed E-state index contributed by atoms with van der Waals surface area (Å²) in [5.74, 6) is -1.27. The van der Waals surface area contributed by atoms with Crippen LogP contribution in [0.25, 0.3) is 6.08 Å². The number of nitrogens with one attached hydrogen (secondary N) is 1. The Morgan fingerprint density at radius 1 is 1.06 bits per heavy atom. The minimum absolute atomic E-state index is 0.282. The molecule has 5 rings (SSSR count). The first-order valence-corrected chi connectivity index (χ1v) is 10.6. The molecular weight excluding hydrogens is 419 g/mol. The second-order valence-electron chi connectivity index (χ2n) is 7.92. The number of hydrogen-bond donors (Lipinski definition) is 2. The summed E-state index contributed by atoms with van der Waals surface area (Å²) < 4.78 is 14.8. The van der Waals surface area contributed by atoms with E-state index in [-0.39, 0.29) is 11.5 Å². The van der Waals surface area contributed by atoms with E-state index in [1.807, 2.05) is 18.2 Å². The number of anilines is 2. The van der Waals surface area contributed by atoms with Gasteiger partial charge >= 0.3 is 0 Å². The average Bonchev–Trinajstić information content (AvgIpc) is 3.21. The van der Waals surface area contributed by atoms with Crippen LogP contribution in [0, 0.1) is 5.82 Å². The summed E-state index contributed by atoms with van der Waals surface area (Å²) in [6.07, 6.45) is 2.48. The molecule has 2 aliphatic rings. The van der Waals surface area contributed by atoms with Crippen LogP contribution in [0.3, 0.4) is 0 Å². The van der Waals surface area contributed by atoms with Gasteiger partial charge in [0.25, 0.3) is 5.91 Å². The molecule has 0 spiro atoms. The molecule has 33 heavy (non-hydrogen) atoms. The summed E-state index contributed by atoms with van der Waals surface area (Å²) in [6.45, 7) is 0.485. The molecule has 0 radical (unpaired) electrons. The van der Waals surface area contributed by atoms with Crippen molar-refractivity contribution in [2.45, 2.75) is 12.6 Å². The molecule has 3 N–H and O–H groups in total. The van der Waals surface area contributed by atoms with E-state index in [1.54, 1.807) is 53.4 Å². The Balaban J connectivity index is 1.52. The summed E-state index contributed by atoms with van der Waals surface area (Å²) in [7, 11) is 0. The molecule has 2 amide bonds. The Labute approximate surface area is 190 Å². The molecule has 1 unspecified atom stereocenters. The fraction of sp³-hybridized carbons (Fsp3) is 0.115. The summed E-state index contributed by atoms with van der Waals surface area (Å²) in [5.41, 5.74) is 10.1. The van der Waals surface area contributed by atoms with E-state index in [9.17, 15) is 14.0 Å². The lowest BCUT2D eigenvalue weighted by molar-refractivity contribution is -0.125. The van der Waals surface area contributed by atoms with Crippen molar-refractivity contribution in [3.8, 4) is 0 Å². The standard InChI is InChI=1S/C26H21FN4O2/c27-21-7-2-1-5-19(21)23-20-6-3-4-17-14-15-31(24(17)20)26(33)25(30-23)29-22(32)13-10-16-8-11-18(28)12-9-16/h1-13,25H,14-15,28H2,(H,29,32). The van der Waals surface area contributed by atoms with Crippen molar-refractivity contribution in [1.82, 2.24) is 5.32 Å². The van der Waals surface area contributed by atoms with Gasteiger partial charge in [0.05, 0.1) is 11.4 Å². The topological polar surface area (TPSA) is 87.8 Å². The van der Waals surface area contributed by atoms with Crippen LogP contribution in [0.4, 0.5) is 15.8 Å². The number of nitrogens with two attached hydrogens (primary N) is 1. The van der Waals surface area contributed by atoms with E-state index in [4.69, 9.17) is 5.73 Å². The van der Waals surface area contributed by atoms with E-state index in [0.29, 0.717) is 29.9 Å². The Hall–Kier alpha value is -4.26. The SMILES string of the molecule is Nc1ccc(C=CC(=O)NC2N=C(c3ccccc3F)c3cccc4c3N(CC4)C2=O)cc1. The van der Waals surface area contributed by atoms with Crippen molar-refractivity contribution in [1.29, 1.82) is 0 Å². The Morgan fingerprint density at radius 3 is 2.61 bits per heavy atom. The number of benzene rings is 3. The van der Waals surface area contributed by atoms with Crippen molar-refractivity contribution in [3.63, 3.8) is 0 Å². The minimum Gasteiger partial charge on any atom is -0.399 e. The fourth-order valence-electron chi connectivity index (χ4n) is 4.19. The quantitative estimate of drug-likeness (QED) is 0.482. The maximum Gasteiger partial charge on any atom is 0.272 e.